The Balaban J connectivity index is 1.12. The van der Waals surface area contributed by atoms with Crippen LogP contribution in [0.15, 0.2) is 42.5 Å². The van der Waals surface area contributed by atoms with Crippen molar-refractivity contribution in [3.05, 3.63) is 64.7 Å². The Kier molecular flexibility index (Phi) is 6.47. The van der Waals surface area contributed by atoms with Gasteiger partial charge in [0, 0.05) is 33.6 Å². The molecule has 3 aromatic carbocycles. The summed E-state index contributed by atoms with van der Waals surface area (Å²) in [5.41, 5.74) is 18.3. The fraction of sp³-hybridized carbons (Fsp3) is 0.654. The van der Waals surface area contributed by atoms with E-state index >= 15 is 0 Å². The summed E-state index contributed by atoms with van der Waals surface area (Å²) in [5, 5.41) is 0. The number of para-hydroxylation sites is 1. The molecule has 0 bridgehead atoms. The van der Waals surface area contributed by atoms with Crippen molar-refractivity contribution in [1.29, 1.82) is 0 Å². The second kappa shape index (κ2) is 10.7. The van der Waals surface area contributed by atoms with Crippen molar-refractivity contribution in [2.24, 2.45) is 47.3 Å². The molecule has 286 valence electrons. The Hall–Kier alpha value is -2.68. The van der Waals surface area contributed by atoms with Crippen molar-refractivity contribution in [2.75, 3.05) is 9.80 Å². The first kappa shape index (κ1) is 33.3. The lowest BCUT2D eigenvalue weighted by molar-refractivity contribution is -0.0770. The highest BCUT2D eigenvalue weighted by molar-refractivity contribution is 7.00. The van der Waals surface area contributed by atoms with Gasteiger partial charge in [-0.1, -0.05) is 101 Å². The van der Waals surface area contributed by atoms with Gasteiger partial charge in [-0.3, -0.25) is 0 Å². The highest BCUT2D eigenvalue weighted by Gasteiger charge is 2.74. The Morgan fingerprint density at radius 2 is 0.927 bits per heavy atom. The molecule has 0 radical (unpaired) electrons. The van der Waals surface area contributed by atoms with Crippen LogP contribution < -0.4 is 26.2 Å². The molecular formula is C52H65BN2. The molecule has 3 heteroatoms. The second-order valence-electron chi connectivity index (χ2n) is 22.2. The Bertz CT molecular complexity index is 2170. The van der Waals surface area contributed by atoms with Gasteiger partial charge in [0.1, 0.15) is 0 Å². The molecule has 0 aromatic heterocycles. The van der Waals surface area contributed by atoms with Crippen molar-refractivity contribution in [3.8, 4) is 0 Å². The monoisotopic (exact) mass is 729 g/mol. The van der Waals surface area contributed by atoms with Gasteiger partial charge in [-0.25, -0.2) is 0 Å². The van der Waals surface area contributed by atoms with Gasteiger partial charge in [-0.05, 0) is 172 Å². The van der Waals surface area contributed by atoms with Crippen LogP contribution in [0.2, 0.25) is 0 Å². The summed E-state index contributed by atoms with van der Waals surface area (Å²) >= 11 is 0. The maximum absolute atomic E-state index is 3.13. The molecule has 6 fully saturated rings. The van der Waals surface area contributed by atoms with Crippen LogP contribution in [-0.2, 0) is 10.8 Å². The molecule has 0 N–H and O–H groups in total. The van der Waals surface area contributed by atoms with Crippen molar-refractivity contribution in [2.45, 2.75) is 166 Å². The van der Waals surface area contributed by atoms with Gasteiger partial charge >= 0.3 is 0 Å². The van der Waals surface area contributed by atoms with E-state index in [1.165, 1.54) is 114 Å². The Morgan fingerprint density at radius 3 is 1.47 bits per heavy atom. The third-order valence-corrected chi connectivity index (χ3v) is 20.9. The van der Waals surface area contributed by atoms with Crippen LogP contribution in [0.4, 0.5) is 22.7 Å². The van der Waals surface area contributed by atoms with Gasteiger partial charge < -0.3 is 9.80 Å². The van der Waals surface area contributed by atoms with E-state index in [1.54, 1.807) is 50.3 Å². The van der Waals surface area contributed by atoms with E-state index in [-0.39, 0.29) is 21.9 Å². The molecule has 10 aliphatic rings. The molecule has 6 saturated carbocycles. The molecule has 12 unspecified atom stereocenters. The first-order valence-corrected chi connectivity index (χ1v) is 23.7. The Morgan fingerprint density at radius 1 is 0.491 bits per heavy atom. The van der Waals surface area contributed by atoms with E-state index in [4.69, 9.17) is 0 Å². The maximum Gasteiger partial charge on any atom is 0.252 e. The number of hydrogen-bond acceptors (Lipinski definition) is 2. The van der Waals surface area contributed by atoms with E-state index in [0.29, 0.717) is 6.71 Å². The van der Waals surface area contributed by atoms with E-state index in [9.17, 15) is 0 Å². The summed E-state index contributed by atoms with van der Waals surface area (Å²) in [4.78, 5) is 6.25. The summed E-state index contributed by atoms with van der Waals surface area (Å²) in [6.45, 7) is 16.5. The molecule has 6 aliphatic carbocycles. The zero-order valence-corrected chi connectivity index (χ0v) is 34.9. The lowest BCUT2D eigenvalue weighted by atomic mass is 9.33. The molecule has 0 spiro atoms. The van der Waals surface area contributed by atoms with Crippen LogP contribution in [0, 0.1) is 61.2 Å². The van der Waals surface area contributed by atoms with Crippen molar-refractivity contribution in [3.63, 3.8) is 0 Å². The highest BCUT2D eigenvalue weighted by atomic mass is 15.3. The summed E-state index contributed by atoms with van der Waals surface area (Å²) in [6, 6.07) is 18.6. The molecule has 12 atom stereocenters. The van der Waals surface area contributed by atoms with Crippen LogP contribution in [0.5, 0.6) is 0 Å². The van der Waals surface area contributed by atoms with E-state index in [2.05, 4.69) is 93.8 Å². The minimum atomic E-state index is 0.0776. The number of fused-ring (bicyclic) bond motifs is 20. The van der Waals surface area contributed by atoms with E-state index in [0.717, 1.165) is 47.3 Å². The van der Waals surface area contributed by atoms with E-state index in [1.807, 2.05) is 0 Å². The zero-order chi connectivity index (χ0) is 37.0. The van der Waals surface area contributed by atoms with Crippen LogP contribution >= 0.6 is 0 Å². The quantitative estimate of drug-likeness (QED) is 0.213. The molecule has 2 nitrogen and oxygen atoms in total. The standard InChI is InChI=1S/C52H65BN2/c1-30-26-41-48-43(27-30)53-42-25-15-24-40-47(42)54(51(5)38-22-13-9-18-34(38)32-16-7-11-20-36(32)49(40,51)3)44-28-31(2)29-45(46(44)53)55(48)52(6)39-23-14-10-19-35(39)33-17-8-12-21-37(33)50(41,52)4/h15,24-29,32-39H,7-14,16-23H2,1-6H3. The minimum absolute atomic E-state index is 0.0776. The number of hydrogen-bond donors (Lipinski definition) is 0. The molecular weight excluding hydrogens is 663 g/mol. The normalized spacial score (nSPS) is 43.6. The lowest BCUT2D eigenvalue weighted by Crippen LogP contribution is -2.72. The van der Waals surface area contributed by atoms with Gasteiger partial charge in [-0.2, -0.15) is 0 Å². The molecule has 0 saturated heterocycles. The number of anilines is 4. The third kappa shape index (κ3) is 3.48. The number of benzene rings is 3. The average Bonchev–Trinajstić information content (AvgIpc) is 3.56. The molecule has 4 heterocycles. The summed E-state index contributed by atoms with van der Waals surface area (Å²) < 4.78 is 0. The smallest absolute Gasteiger partial charge is 0.252 e. The molecule has 13 rings (SSSR count). The number of nitrogens with zero attached hydrogens (tertiary/aromatic N) is 2. The fourth-order valence-corrected chi connectivity index (χ4v) is 19.0. The first-order valence-electron chi connectivity index (χ1n) is 23.7. The predicted octanol–water partition coefficient (Wildman–Crippen LogP) is 11.0. The summed E-state index contributed by atoms with van der Waals surface area (Å²) in [5.74, 6) is 6.62. The zero-order valence-electron chi connectivity index (χ0n) is 34.9. The van der Waals surface area contributed by atoms with Gasteiger partial charge in [0.2, 0.25) is 0 Å². The Labute approximate surface area is 332 Å². The second-order valence-corrected chi connectivity index (χ2v) is 22.2. The SMILES string of the molecule is Cc1cc2c3c(c1)N1c4c(cc(C)cc4C4(C)C5CCCCC5C5CCCCC5C14C)B3c1cccc3c1N2C1(C)C2CCCCC2C2CCCCC2C31C. The van der Waals surface area contributed by atoms with Crippen molar-refractivity contribution >= 4 is 45.9 Å². The fourth-order valence-electron chi connectivity index (χ4n) is 19.0. The summed E-state index contributed by atoms with van der Waals surface area (Å²) in [7, 11) is 0. The van der Waals surface area contributed by atoms with Crippen LogP contribution in [-0.4, -0.2) is 17.8 Å². The van der Waals surface area contributed by atoms with E-state index < -0.39 is 0 Å². The van der Waals surface area contributed by atoms with Gasteiger partial charge in [0.05, 0.1) is 11.1 Å². The summed E-state index contributed by atoms with van der Waals surface area (Å²) in [6.07, 6.45) is 23.0. The number of rotatable bonds is 0. The van der Waals surface area contributed by atoms with Crippen molar-refractivity contribution < 1.29 is 0 Å². The third-order valence-electron chi connectivity index (χ3n) is 20.9. The largest absolute Gasteiger partial charge is 0.335 e. The predicted molar refractivity (Wildman–Crippen MR) is 231 cm³/mol. The van der Waals surface area contributed by atoms with Crippen LogP contribution in [0.1, 0.15) is 153 Å². The van der Waals surface area contributed by atoms with Gasteiger partial charge in [0.15, 0.2) is 0 Å². The number of aryl methyl sites for hydroxylation is 2. The molecule has 0 amide bonds. The maximum atomic E-state index is 3.13. The average molecular weight is 729 g/mol. The molecule has 4 aliphatic heterocycles. The van der Waals surface area contributed by atoms with Crippen LogP contribution in [0.3, 0.4) is 0 Å². The lowest BCUT2D eigenvalue weighted by Gasteiger charge is -2.66. The van der Waals surface area contributed by atoms with Gasteiger partial charge in [0.25, 0.3) is 6.71 Å². The molecule has 55 heavy (non-hydrogen) atoms. The van der Waals surface area contributed by atoms with Gasteiger partial charge in [-0.15, -0.1) is 0 Å². The topological polar surface area (TPSA) is 6.48 Å². The minimum Gasteiger partial charge on any atom is -0.335 e. The first-order chi connectivity index (χ1) is 26.6. The van der Waals surface area contributed by atoms with Crippen molar-refractivity contribution in [1.82, 2.24) is 0 Å². The molecule has 3 aromatic rings. The highest BCUT2D eigenvalue weighted by Crippen LogP contribution is 2.73. The van der Waals surface area contributed by atoms with Crippen LogP contribution in [0.25, 0.3) is 0 Å².